The highest BCUT2D eigenvalue weighted by Gasteiger charge is 2.21. The molecule has 3 heterocycles. The van der Waals surface area contributed by atoms with Gasteiger partial charge in [0.1, 0.15) is 11.6 Å². The van der Waals surface area contributed by atoms with Crippen molar-refractivity contribution in [2.75, 3.05) is 31.5 Å². The molecule has 1 aliphatic rings. The second-order valence-electron chi connectivity index (χ2n) is 10.4. The summed E-state index contributed by atoms with van der Waals surface area (Å²) in [6, 6.07) is 22.8. The molecule has 8 heteroatoms. The van der Waals surface area contributed by atoms with Crippen molar-refractivity contribution in [1.29, 1.82) is 0 Å². The van der Waals surface area contributed by atoms with E-state index in [1.54, 1.807) is 6.20 Å². The Morgan fingerprint density at radius 3 is 2.73 bits per heavy atom. The number of hydrogen-bond donors (Lipinski definition) is 3. The molecule has 204 valence electrons. The number of nitrogens with zero attached hydrogens (tertiary/aromatic N) is 3. The summed E-state index contributed by atoms with van der Waals surface area (Å²) >= 11 is 0. The lowest BCUT2D eigenvalue weighted by molar-refractivity contribution is 0.192. The zero-order chi connectivity index (χ0) is 27.3. The van der Waals surface area contributed by atoms with Gasteiger partial charge in [-0.2, -0.15) is 0 Å². The van der Waals surface area contributed by atoms with Gasteiger partial charge in [-0.05, 0) is 59.9 Å². The molecule has 6 rings (SSSR count). The summed E-state index contributed by atoms with van der Waals surface area (Å²) in [5, 5.41) is 8.17. The van der Waals surface area contributed by atoms with E-state index in [1.807, 2.05) is 6.07 Å². The quantitative estimate of drug-likeness (QED) is 0.229. The van der Waals surface area contributed by atoms with E-state index in [4.69, 9.17) is 0 Å². The number of para-hydroxylation sites is 1. The molecule has 40 heavy (non-hydrogen) atoms. The predicted octanol–water partition coefficient (Wildman–Crippen LogP) is 5.57. The number of fused-ring (bicyclic) bond motifs is 1. The fourth-order valence-corrected chi connectivity index (χ4v) is 5.51. The summed E-state index contributed by atoms with van der Waals surface area (Å²) in [7, 11) is 0. The van der Waals surface area contributed by atoms with Gasteiger partial charge in [-0.1, -0.05) is 36.4 Å². The number of hydrogen-bond acceptors (Lipinski definition) is 5. The number of aromatic nitrogens is 3. The Bertz CT molecular complexity index is 1580. The Kier molecular flexibility index (Phi) is 7.79. The molecule has 0 bridgehead atoms. The smallest absolute Gasteiger partial charge is 0.223 e. The third kappa shape index (κ3) is 6.35. The maximum Gasteiger partial charge on any atom is 0.223 e. The minimum absolute atomic E-state index is 0.399. The molecule has 5 aromatic rings. The van der Waals surface area contributed by atoms with Crippen molar-refractivity contribution in [1.82, 2.24) is 25.2 Å². The number of H-pyrrole nitrogens is 1. The number of aromatic amines is 1. The van der Waals surface area contributed by atoms with E-state index in [2.05, 4.69) is 85.2 Å². The molecule has 0 radical (unpaired) electrons. The zero-order valence-corrected chi connectivity index (χ0v) is 22.2. The molecule has 6 nitrogen and oxygen atoms in total. The van der Waals surface area contributed by atoms with Crippen molar-refractivity contribution in [3.63, 3.8) is 0 Å². The lowest BCUT2D eigenvalue weighted by Gasteiger charge is -2.34. The SMILES string of the molecule is Fc1cc(F)cc(CCNc2nccc(-c3cccc(CN4CCNC(Cc5c[nH]c6ccccc56)C4)c3)n2)c1. The maximum atomic E-state index is 13.5. The molecule has 0 aliphatic carbocycles. The van der Waals surface area contributed by atoms with Gasteiger partial charge in [0.05, 0.1) is 5.69 Å². The van der Waals surface area contributed by atoms with Gasteiger partial charge >= 0.3 is 0 Å². The van der Waals surface area contributed by atoms with Crippen LogP contribution in [0.4, 0.5) is 14.7 Å². The van der Waals surface area contributed by atoms with Gasteiger partial charge in [0.25, 0.3) is 0 Å². The van der Waals surface area contributed by atoms with Gasteiger partial charge in [-0.15, -0.1) is 0 Å². The van der Waals surface area contributed by atoms with Crippen LogP contribution in [0.1, 0.15) is 16.7 Å². The highest BCUT2D eigenvalue weighted by atomic mass is 19.1. The summed E-state index contributed by atoms with van der Waals surface area (Å²) in [4.78, 5) is 14.9. The summed E-state index contributed by atoms with van der Waals surface area (Å²) in [6.45, 7) is 4.30. The molecule has 0 spiro atoms. The highest BCUT2D eigenvalue weighted by molar-refractivity contribution is 5.83. The average molecular weight is 539 g/mol. The number of benzene rings is 3. The van der Waals surface area contributed by atoms with E-state index in [9.17, 15) is 8.78 Å². The Morgan fingerprint density at radius 2 is 1.82 bits per heavy atom. The predicted molar refractivity (Wildman–Crippen MR) is 155 cm³/mol. The first-order valence-electron chi connectivity index (χ1n) is 13.7. The first kappa shape index (κ1) is 26.1. The summed E-state index contributed by atoms with van der Waals surface area (Å²) < 4.78 is 26.9. The summed E-state index contributed by atoms with van der Waals surface area (Å²) in [5.74, 6) is -0.653. The largest absolute Gasteiger partial charge is 0.361 e. The first-order valence-corrected chi connectivity index (χ1v) is 13.7. The molecule has 3 aromatic carbocycles. The molecular formula is C32H32F2N6. The second kappa shape index (κ2) is 11.9. The van der Waals surface area contributed by atoms with Crippen molar-refractivity contribution in [3.05, 3.63) is 114 Å². The van der Waals surface area contributed by atoms with Crippen LogP contribution in [-0.2, 0) is 19.4 Å². The average Bonchev–Trinajstić information content (AvgIpc) is 3.36. The van der Waals surface area contributed by atoms with E-state index in [-0.39, 0.29) is 0 Å². The summed E-state index contributed by atoms with van der Waals surface area (Å²) in [6.07, 6.45) is 5.32. The number of nitrogens with one attached hydrogen (secondary N) is 3. The molecule has 1 fully saturated rings. The number of anilines is 1. The number of rotatable bonds is 9. The molecule has 3 N–H and O–H groups in total. The lowest BCUT2D eigenvalue weighted by Crippen LogP contribution is -2.51. The third-order valence-electron chi connectivity index (χ3n) is 7.38. The van der Waals surface area contributed by atoms with Crippen LogP contribution in [0.3, 0.4) is 0 Å². The Labute approximate surface area is 232 Å². The minimum atomic E-state index is -0.571. The molecule has 1 aliphatic heterocycles. The van der Waals surface area contributed by atoms with Crippen LogP contribution in [-0.4, -0.2) is 52.1 Å². The second-order valence-corrected chi connectivity index (χ2v) is 10.4. The number of halogens is 2. The Balaban J connectivity index is 1.07. The van der Waals surface area contributed by atoms with Crippen LogP contribution in [0.2, 0.25) is 0 Å². The van der Waals surface area contributed by atoms with Crippen LogP contribution < -0.4 is 10.6 Å². The molecule has 1 unspecified atom stereocenters. The maximum absolute atomic E-state index is 13.5. The fourth-order valence-electron chi connectivity index (χ4n) is 5.51. The van der Waals surface area contributed by atoms with Crippen molar-refractivity contribution in [2.45, 2.75) is 25.4 Å². The molecule has 2 aromatic heterocycles. The Hall–Kier alpha value is -4.14. The van der Waals surface area contributed by atoms with Gasteiger partial charge in [-0.3, -0.25) is 4.90 Å². The van der Waals surface area contributed by atoms with E-state index >= 15 is 0 Å². The third-order valence-corrected chi connectivity index (χ3v) is 7.38. The lowest BCUT2D eigenvalue weighted by atomic mass is 10.0. The molecular weight excluding hydrogens is 506 g/mol. The van der Waals surface area contributed by atoms with Crippen LogP contribution in [0.15, 0.2) is 85.2 Å². The summed E-state index contributed by atoms with van der Waals surface area (Å²) in [5.41, 5.74) is 6.23. The molecule has 1 saturated heterocycles. The van der Waals surface area contributed by atoms with Crippen molar-refractivity contribution < 1.29 is 8.78 Å². The zero-order valence-electron chi connectivity index (χ0n) is 22.2. The Morgan fingerprint density at radius 1 is 0.950 bits per heavy atom. The number of piperazine rings is 1. The van der Waals surface area contributed by atoms with Crippen molar-refractivity contribution >= 4 is 16.9 Å². The van der Waals surface area contributed by atoms with E-state index in [0.717, 1.165) is 49.9 Å². The van der Waals surface area contributed by atoms with Crippen LogP contribution in [0.5, 0.6) is 0 Å². The standard InChI is InChI=1S/C32H32F2N6/c33-26-15-22(16-27(34)18-26)8-10-36-32-37-11-9-30(39-32)24-5-3-4-23(14-24)20-40-13-12-35-28(21-40)17-25-19-38-31-7-2-1-6-29(25)31/h1-7,9,11,14-16,18-19,28,35,38H,8,10,12-13,17,20-21H2,(H,36,37,39). The van der Waals surface area contributed by atoms with E-state index in [0.29, 0.717) is 30.5 Å². The van der Waals surface area contributed by atoms with Crippen molar-refractivity contribution in [2.24, 2.45) is 0 Å². The fraction of sp³-hybridized carbons (Fsp3) is 0.250. The molecule has 0 saturated carbocycles. The van der Waals surface area contributed by atoms with Gasteiger partial charge < -0.3 is 15.6 Å². The van der Waals surface area contributed by atoms with Gasteiger partial charge in [0, 0.05) is 73.7 Å². The van der Waals surface area contributed by atoms with Crippen LogP contribution in [0, 0.1) is 11.6 Å². The topological polar surface area (TPSA) is 68.9 Å². The van der Waals surface area contributed by atoms with E-state index in [1.165, 1.54) is 34.2 Å². The van der Waals surface area contributed by atoms with Gasteiger partial charge in [0.15, 0.2) is 0 Å². The molecule has 1 atom stereocenters. The van der Waals surface area contributed by atoms with Crippen LogP contribution >= 0.6 is 0 Å². The van der Waals surface area contributed by atoms with E-state index < -0.39 is 11.6 Å². The first-order chi connectivity index (χ1) is 19.6. The van der Waals surface area contributed by atoms with Gasteiger partial charge in [-0.25, -0.2) is 18.7 Å². The normalized spacial score (nSPS) is 15.9. The monoisotopic (exact) mass is 538 g/mol. The molecule has 0 amide bonds. The van der Waals surface area contributed by atoms with Crippen molar-refractivity contribution in [3.8, 4) is 11.3 Å². The van der Waals surface area contributed by atoms with Gasteiger partial charge in [0.2, 0.25) is 5.95 Å². The van der Waals surface area contributed by atoms with Crippen LogP contribution in [0.25, 0.3) is 22.2 Å². The minimum Gasteiger partial charge on any atom is -0.361 e. The highest BCUT2D eigenvalue weighted by Crippen LogP contribution is 2.22.